The molecular formula is C3H6MgO4. The van der Waals surface area contributed by atoms with Crippen LogP contribution >= 0.6 is 0 Å². The van der Waals surface area contributed by atoms with E-state index in [-0.39, 0.29) is 25.9 Å². The van der Waals surface area contributed by atoms with Crippen molar-refractivity contribution in [2.75, 3.05) is 0 Å². The van der Waals surface area contributed by atoms with E-state index in [1.165, 1.54) is 0 Å². The molecule has 0 amide bonds. The molecule has 0 aromatic rings. The monoisotopic (exact) mass is 130 g/mol. The minimum Gasteiger partial charge on any atom is -1.00 e. The van der Waals surface area contributed by atoms with E-state index >= 15 is 0 Å². The standard InChI is InChI=1S/C3H4O4.Mg.2H/c1-2(4)7-3(5)6;;;/h1H3,(H,5,6);;;/q;+2;2*-1. The van der Waals surface area contributed by atoms with Gasteiger partial charge >= 0.3 is 35.2 Å². The van der Waals surface area contributed by atoms with Crippen LogP contribution in [-0.2, 0) is 9.53 Å². The van der Waals surface area contributed by atoms with Crippen LogP contribution in [-0.4, -0.2) is 40.3 Å². The van der Waals surface area contributed by atoms with Crippen molar-refractivity contribution in [2.45, 2.75) is 6.92 Å². The van der Waals surface area contributed by atoms with Gasteiger partial charge in [0.05, 0.1) is 0 Å². The molecule has 0 unspecified atom stereocenters. The number of esters is 1. The molecule has 0 heterocycles. The van der Waals surface area contributed by atoms with Crippen molar-refractivity contribution in [3.8, 4) is 0 Å². The summed E-state index contributed by atoms with van der Waals surface area (Å²) in [5, 5.41) is 7.64. The minimum atomic E-state index is -1.56. The van der Waals surface area contributed by atoms with Crippen LogP contribution in [0.1, 0.15) is 9.78 Å². The average Bonchev–Trinajstić information content (AvgIpc) is 1.27. The smallest absolute Gasteiger partial charge is 1.00 e. The molecule has 0 aromatic heterocycles. The maximum atomic E-state index is 9.65. The topological polar surface area (TPSA) is 63.6 Å². The van der Waals surface area contributed by atoms with Gasteiger partial charge in [-0.3, -0.25) is 4.79 Å². The van der Waals surface area contributed by atoms with E-state index < -0.39 is 12.1 Å². The largest absolute Gasteiger partial charge is 2.00 e. The Morgan fingerprint density at radius 3 is 2.00 bits per heavy atom. The van der Waals surface area contributed by atoms with Gasteiger partial charge in [0.1, 0.15) is 0 Å². The Morgan fingerprint density at radius 2 is 2.00 bits per heavy atom. The van der Waals surface area contributed by atoms with E-state index in [4.69, 9.17) is 5.11 Å². The molecule has 0 saturated carbocycles. The summed E-state index contributed by atoms with van der Waals surface area (Å²) >= 11 is 0. The van der Waals surface area contributed by atoms with Gasteiger partial charge in [-0.05, 0) is 0 Å². The second-order valence-corrected chi connectivity index (χ2v) is 0.860. The van der Waals surface area contributed by atoms with E-state index in [9.17, 15) is 9.59 Å². The summed E-state index contributed by atoms with van der Waals surface area (Å²) in [6.45, 7) is 1.02. The van der Waals surface area contributed by atoms with Gasteiger partial charge in [-0.1, -0.05) is 0 Å². The first-order valence-electron chi connectivity index (χ1n) is 1.54. The molecule has 0 aromatic carbocycles. The molecule has 0 aliphatic carbocycles. The van der Waals surface area contributed by atoms with Crippen LogP contribution in [0.3, 0.4) is 0 Å². The first-order chi connectivity index (χ1) is 3.13. The van der Waals surface area contributed by atoms with Crippen LogP contribution in [0, 0.1) is 0 Å². The molecule has 0 radical (unpaired) electrons. The predicted molar refractivity (Wildman–Crippen MR) is 27.8 cm³/mol. The fraction of sp³-hybridized carbons (Fsp3) is 0.333. The maximum absolute atomic E-state index is 9.65. The summed E-state index contributed by atoms with van der Waals surface area (Å²) in [5.74, 6) is -0.812. The van der Waals surface area contributed by atoms with Crippen LogP contribution < -0.4 is 0 Å². The summed E-state index contributed by atoms with van der Waals surface area (Å²) in [4.78, 5) is 19.0. The zero-order valence-electron chi connectivity index (χ0n) is 6.38. The second kappa shape index (κ2) is 4.86. The van der Waals surface area contributed by atoms with Crippen molar-refractivity contribution in [1.82, 2.24) is 0 Å². The van der Waals surface area contributed by atoms with Crippen molar-refractivity contribution in [3.63, 3.8) is 0 Å². The predicted octanol–water partition coefficient (Wildman–Crippen LogP) is 0.0717. The molecule has 44 valence electrons. The Kier molecular flexibility index (Phi) is 6.46. The SMILES string of the molecule is CC(=O)OC(=O)O.[H-].[H-].[Mg+2]. The summed E-state index contributed by atoms with van der Waals surface area (Å²) in [6, 6.07) is 0. The van der Waals surface area contributed by atoms with Crippen molar-refractivity contribution in [3.05, 3.63) is 0 Å². The Bertz CT molecular complexity index is 94.7. The van der Waals surface area contributed by atoms with Gasteiger partial charge in [0, 0.05) is 6.92 Å². The first-order valence-corrected chi connectivity index (χ1v) is 1.54. The molecule has 4 nitrogen and oxygen atoms in total. The number of carbonyl (C=O) groups excluding carboxylic acids is 1. The average molecular weight is 130 g/mol. The molecule has 0 atom stereocenters. The second-order valence-electron chi connectivity index (χ2n) is 0.860. The van der Waals surface area contributed by atoms with Crippen molar-refractivity contribution in [2.24, 2.45) is 0 Å². The zero-order chi connectivity index (χ0) is 5.86. The van der Waals surface area contributed by atoms with Gasteiger partial charge in [-0.25, -0.2) is 4.79 Å². The molecule has 0 saturated heterocycles. The number of ether oxygens (including phenoxy) is 1. The molecule has 8 heavy (non-hydrogen) atoms. The van der Waals surface area contributed by atoms with E-state index in [0.717, 1.165) is 6.92 Å². The molecule has 0 fully saturated rings. The third-order valence-corrected chi connectivity index (χ3v) is 0.231. The first kappa shape index (κ1) is 10.6. The molecule has 0 aliphatic rings. The summed E-state index contributed by atoms with van der Waals surface area (Å²) in [5.41, 5.74) is 0. The van der Waals surface area contributed by atoms with E-state index in [1.807, 2.05) is 0 Å². The molecule has 0 aliphatic heterocycles. The normalized spacial score (nSPS) is 6.62. The van der Waals surface area contributed by atoms with Gasteiger partial charge < -0.3 is 12.7 Å². The Labute approximate surface area is 64.9 Å². The Hall–Kier alpha value is -0.294. The Balaban J connectivity index is -0.0000000600. The molecular weight excluding hydrogens is 124 g/mol. The van der Waals surface area contributed by atoms with Crippen LogP contribution in [0.4, 0.5) is 4.79 Å². The zero-order valence-corrected chi connectivity index (χ0v) is 5.79. The van der Waals surface area contributed by atoms with Gasteiger partial charge in [-0.15, -0.1) is 0 Å². The van der Waals surface area contributed by atoms with Gasteiger partial charge in [-0.2, -0.15) is 0 Å². The summed E-state index contributed by atoms with van der Waals surface area (Å²) in [6.07, 6.45) is -1.56. The Morgan fingerprint density at radius 1 is 1.62 bits per heavy atom. The van der Waals surface area contributed by atoms with Crippen LogP contribution in [0.2, 0.25) is 0 Å². The van der Waals surface area contributed by atoms with E-state index in [0.29, 0.717) is 0 Å². The summed E-state index contributed by atoms with van der Waals surface area (Å²) in [7, 11) is 0. The third-order valence-electron chi connectivity index (χ3n) is 0.231. The van der Waals surface area contributed by atoms with Crippen molar-refractivity contribution >= 4 is 35.2 Å². The van der Waals surface area contributed by atoms with Crippen LogP contribution in [0.5, 0.6) is 0 Å². The van der Waals surface area contributed by atoms with Gasteiger partial charge in [0.15, 0.2) is 0 Å². The molecule has 0 spiro atoms. The number of carbonyl (C=O) groups is 2. The fourth-order valence-corrected chi connectivity index (χ4v) is 0.123. The van der Waals surface area contributed by atoms with E-state index in [1.54, 1.807) is 0 Å². The van der Waals surface area contributed by atoms with Crippen molar-refractivity contribution < 1.29 is 22.3 Å². The number of hydrogen-bond acceptors (Lipinski definition) is 3. The number of rotatable bonds is 0. The number of hydrogen-bond donors (Lipinski definition) is 1. The molecule has 0 rings (SSSR count). The third kappa shape index (κ3) is 9.20. The molecule has 1 N–H and O–H groups in total. The summed E-state index contributed by atoms with van der Waals surface area (Å²) < 4.78 is 3.53. The van der Waals surface area contributed by atoms with Crippen molar-refractivity contribution in [1.29, 1.82) is 0 Å². The molecule has 0 bridgehead atoms. The maximum Gasteiger partial charge on any atom is 2.00 e. The fourth-order valence-electron chi connectivity index (χ4n) is 0.123. The van der Waals surface area contributed by atoms with E-state index in [2.05, 4.69) is 4.74 Å². The quantitative estimate of drug-likeness (QED) is 0.286. The van der Waals surface area contributed by atoms with Crippen LogP contribution in [0.25, 0.3) is 0 Å². The van der Waals surface area contributed by atoms with Gasteiger partial charge in [0.2, 0.25) is 0 Å². The molecule has 5 heteroatoms. The van der Waals surface area contributed by atoms with Crippen LogP contribution in [0.15, 0.2) is 0 Å². The minimum absolute atomic E-state index is 0. The number of carboxylic acid groups (broad SMARTS) is 1. The van der Waals surface area contributed by atoms with Gasteiger partial charge in [0.25, 0.3) is 0 Å².